The first-order valence-electron chi connectivity index (χ1n) is 2.70. The lowest BCUT2D eigenvalue weighted by Crippen LogP contribution is -2.20. The zero-order chi connectivity index (χ0) is 7.98. The Bertz CT molecular complexity index is 106. The lowest BCUT2D eigenvalue weighted by Gasteiger charge is -2.08. The van der Waals surface area contributed by atoms with E-state index in [1.54, 1.807) is 0 Å². The fraction of sp³-hybridized carbons (Fsp3) is 1.00. The van der Waals surface area contributed by atoms with E-state index >= 15 is 0 Å². The summed E-state index contributed by atoms with van der Waals surface area (Å²) in [7, 11) is 0. The molecule has 3 N–H and O–H groups in total. The maximum atomic E-state index is 9.94. The molecule has 0 aliphatic rings. The molecule has 0 aromatic heterocycles. The predicted molar refractivity (Wildman–Crippen MR) is 34.4 cm³/mol. The maximum Gasteiger partial charge on any atom is 0.302 e. The van der Waals surface area contributed by atoms with Crippen LogP contribution >= 0.6 is 0 Å². The normalized spacial score (nSPS) is 16.7. The highest BCUT2D eigenvalue weighted by Gasteiger charge is 2.09. The summed E-state index contributed by atoms with van der Waals surface area (Å²) in [5.41, 5.74) is 0. The van der Waals surface area contributed by atoms with Gasteiger partial charge in [-0.2, -0.15) is 4.21 Å². The van der Waals surface area contributed by atoms with Gasteiger partial charge in [0, 0.05) is 13.0 Å². The molecule has 0 radical (unpaired) electrons. The maximum absolute atomic E-state index is 9.94. The second-order valence-corrected chi connectivity index (χ2v) is 2.26. The Hall–Kier alpha value is -0.0100. The molecular weight excluding hydrogens is 160 g/mol. The molecule has 5 nitrogen and oxygen atoms in total. The quantitative estimate of drug-likeness (QED) is 0.455. The van der Waals surface area contributed by atoms with Crippen LogP contribution in [-0.4, -0.2) is 38.3 Å². The van der Waals surface area contributed by atoms with Crippen molar-refractivity contribution in [2.75, 3.05) is 13.2 Å². The van der Waals surface area contributed by atoms with Crippen molar-refractivity contribution in [1.29, 1.82) is 0 Å². The van der Waals surface area contributed by atoms with Gasteiger partial charge in [0.1, 0.15) is 6.10 Å². The second kappa shape index (κ2) is 5.75. The Morgan fingerprint density at radius 2 is 2.10 bits per heavy atom. The fourth-order valence-corrected chi connectivity index (χ4v) is 0.820. The van der Waals surface area contributed by atoms with Crippen molar-refractivity contribution in [3.8, 4) is 0 Å². The highest BCUT2D eigenvalue weighted by Crippen LogP contribution is 1.97. The zero-order valence-corrected chi connectivity index (χ0v) is 6.08. The molecule has 0 saturated carbocycles. The van der Waals surface area contributed by atoms with Crippen LogP contribution in [0.5, 0.6) is 0 Å². The van der Waals surface area contributed by atoms with Gasteiger partial charge < -0.3 is 10.2 Å². The SMILES string of the molecule is O=S(O)OC(CO)CCO. The van der Waals surface area contributed by atoms with Crippen LogP contribution in [0.4, 0.5) is 0 Å². The van der Waals surface area contributed by atoms with Gasteiger partial charge >= 0.3 is 11.4 Å². The molecule has 62 valence electrons. The highest BCUT2D eigenvalue weighted by atomic mass is 32.2. The summed E-state index contributed by atoms with van der Waals surface area (Å²) < 4.78 is 22.3. The van der Waals surface area contributed by atoms with Gasteiger partial charge in [-0.05, 0) is 0 Å². The summed E-state index contributed by atoms with van der Waals surface area (Å²) in [6.45, 7) is -0.546. The highest BCUT2D eigenvalue weighted by molar-refractivity contribution is 7.74. The van der Waals surface area contributed by atoms with Gasteiger partial charge in [0.15, 0.2) is 0 Å². The van der Waals surface area contributed by atoms with E-state index in [9.17, 15) is 4.21 Å². The van der Waals surface area contributed by atoms with E-state index in [1.807, 2.05) is 0 Å². The summed E-state index contributed by atoms with van der Waals surface area (Å²) in [6.07, 6.45) is -0.598. The van der Waals surface area contributed by atoms with Crippen LogP contribution in [0.3, 0.4) is 0 Å². The molecule has 0 amide bonds. The smallest absolute Gasteiger partial charge is 0.302 e. The van der Waals surface area contributed by atoms with E-state index in [0.29, 0.717) is 0 Å². The topological polar surface area (TPSA) is 87.0 Å². The van der Waals surface area contributed by atoms with Crippen molar-refractivity contribution < 1.29 is 23.2 Å². The summed E-state index contributed by atoms with van der Waals surface area (Å²) in [4.78, 5) is 0. The molecule has 10 heavy (non-hydrogen) atoms. The average molecular weight is 170 g/mol. The van der Waals surface area contributed by atoms with Gasteiger partial charge in [0.25, 0.3) is 0 Å². The average Bonchev–Trinajstić information content (AvgIpc) is 1.86. The first-order chi connectivity index (χ1) is 4.70. The van der Waals surface area contributed by atoms with Crippen molar-refractivity contribution >= 4 is 11.4 Å². The van der Waals surface area contributed by atoms with Crippen LogP contribution in [0.15, 0.2) is 0 Å². The van der Waals surface area contributed by atoms with Crippen LogP contribution in [0.1, 0.15) is 6.42 Å². The van der Waals surface area contributed by atoms with Gasteiger partial charge in [0.05, 0.1) is 6.61 Å². The third kappa shape index (κ3) is 4.83. The molecule has 0 aromatic carbocycles. The molecule has 2 unspecified atom stereocenters. The van der Waals surface area contributed by atoms with Crippen LogP contribution in [0.2, 0.25) is 0 Å². The second-order valence-electron chi connectivity index (χ2n) is 1.63. The molecule has 2 atom stereocenters. The molecule has 6 heteroatoms. The number of aliphatic hydroxyl groups excluding tert-OH is 2. The lowest BCUT2D eigenvalue weighted by molar-refractivity contribution is 0.0939. The molecular formula is C4H10O5S. The third-order valence-electron chi connectivity index (χ3n) is 0.873. The van der Waals surface area contributed by atoms with Gasteiger partial charge in [0.2, 0.25) is 0 Å². The van der Waals surface area contributed by atoms with Gasteiger partial charge in [-0.25, -0.2) is 0 Å². The first kappa shape index (κ1) is 9.99. The predicted octanol–water partition coefficient (Wildman–Crippen LogP) is -1.12. The fourth-order valence-electron chi connectivity index (χ4n) is 0.430. The van der Waals surface area contributed by atoms with Gasteiger partial charge in [-0.15, -0.1) is 0 Å². The third-order valence-corrected chi connectivity index (χ3v) is 1.31. The van der Waals surface area contributed by atoms with Crippen LogP contribution in [-0.2, 0) is 15.5 Å². The van der Waals surface area contributed by atoms with E-state index in [4.69, 9.17) is 14.8 Å². The number of rotatable bonds is 5. The summed E-state index contributed by atoms with van der Waals surface area (Å²) in [5, 5.41) is 16.7. The summed E-state index contributed by atoms with van der Waals surface area (Å²) >= 11 is -2.37. The van der Waals surface area contributed by atoms with E-state index in [-0.39, 0.29) is 19.6 Å². The minimum Gasteiger partial charge on any atom is -0.396 e. The van der Waals surface area contributed by atoms with Crippen molar-refractivity contribution in [2.24, 2.45) is 0 Å². The van der Waals surface area contributed by atoms with E-state index in [2.05, 4.69) is 4.18 Å². The molecule has 0 aliphatic heterocycles. The molecule has 0 rings (SSSR count). The molecule has 0 aromatic rings. The van der Waals surface area contributed by atoms with Gasteiger partial charge in [-0.3, -0.25) is 8.74 Å². The Morgan fingerprint density at radius 3 is 2.40 bits per heavy atom. The Kier molecular flexibility index (Phi) is 5.74. The van der Waals surface area contributed by atoms with E-state index in [0.717, 1.165) is 0 Å². The minimum absolute atomic E-state index is 0.156. The summed E-state index contributed by atoms with van der Waals surface area (Å²) in [6, 6.07) is 0. The van der Waals surface area contributed by atoms with Crippen LogP contribution in [0, 0.1) is 0 Å². The lowest BCUT2D eigenvalue weighted by atomic mass is 10.3. The van der Waals surface area contributed by atoms with Crippen molar-refractivity contribution in [1.82, 2.24) is 0 Å². The Balaban J connectivity index is 3.49. The molecule has 0 bridgehead atoms. The zero-order valence-electron chi connectivity index (χ0n) is 5.27. The van der Waals surface area contributed by atoms with Crippen molar-refractivity contribution in [3.63, 3.8) is 0 Å². The van der Waals surface area contributed by atoms with Crippen LogP contribution < -0.4 is 0 Å². The Morgan fingerprint density at radius 1 is 1.50 bits per heavy atom. The number of hydrogen-bond donors (Lipinski definition) is 3. The monoisotopic (exact) mass is 170 g/mol. The van der Waals surface area contributed by atoms with Gasteiger partial charge in [-0.1, -0.05) is 0 Å². The number of hydrogen-bond acceptors (Lipinski definition) is 4. The minimum atomic E-state index is -2.37. The van der Waals surface area contributed by atoms with E-state index in [1.165, 1.54) is 0 Å². The van der Waals surface area contributed by atoms with Crippen LogP contribution in [0.25, 0.3) is 0 Å². The molecule has 0 aliphatic carbocycles. The molecule has 0 fully saturated rings. The standard InChI is InChI=1S/C4H10O5S/c5-2-1-4(3-6)9-10(7)8/h4-6H,1-3H2,(H,7,8). The number of aliphatic hydroxyl groups is 2. The molecule has 0 heterocycles. The van der Waals surface area contributed by atoms with Crippen molar-refractivity contribution in [3.05, 3.63) is 0 Å². The molecule has 0 spiro atoms. The molecule has 0 saturated heterocycles. The summed E-state index contributed by atoms with van der Waals surface area (Å²) in [5.74, 6) is 0. The van der Waals surface area contributed by atoms with Crippen molar-refractivity contribution in [2.45, 2.75) is 12.5 Å². The largest absolute Gasteiger partial charge is 0.396 e. The first-order valence-corrected chi connectivity index (χ1v) is 3.73. The Labute approximate surface area is 61.1 Å². The van der Waals surface area contributed by atoms with E-state index < -0.39 is 17.5 Å².